The van der Waals surface area contributed by atoms with Gasteiger partial charge in [-0.1, -0.05) is 57.2 Å². The van der Waals surface area contributed by atoms with Crippen LogP contribution in [0.15, 0.2) is 18.2 Å². The van der Waals surface area contributed by atoms with Crippen molar-refractivity contribution in [2.24, 2.45) is 11.7 Å². The SMILES string of the molecule is CCCCCC[C@H]1CCc2cc([C@H]3CC[C@@](N)(CO)C3)ccc2C1. The number of unbranched alkanes of at least 4 members (excludes halogenated alkanes) is 3. The highest BCUT2D eigenvalue weighted by atomic mass is 16.3. The van der Waals surface area contributed by atoms with Crippen LogP contribution in [0.25, 0.3) is 0 Å². The number of aryl methyl sites for hydroxylation is 1. The minimum atomic E-state index is -0.343. The van der Waals surface area contributed by atoms with E-state index in [9.17, 15) is 5.11 Å². The molecule has 1 fully saturated rings. The van der Waals surface area contributed by atoms with Crippen molar-refractivity contribution >= 4 is 0 Å². The molecule has 0 aliphatic heterocycles. The van der Waals surface area contributed by atoms with Gasteiger partial charge >= 0.3 is 0 Å². The molecule has 2 aliphatic carbocycles. The van der Waals surface area contributed by atoms with Gasteiger partial charge in [0.25, 0.3) is 0 Å². The molecule has 2 aliphatic rings. The van der Waals surface area contributed by atoms with Crippen LogP contribution in [-0.2, 0) is 12.8 Å². The van der Waals surface area contributed by atoms with Crippen molar-refractivity contribution in [1.82, 2.24) is 0 Å². The topological polar surface area (TPSA) is 46.2 Å². The molecular weight excluding hydrogens is 294 g/mol. The lowest BCUT2D eigenvalue weighted by molar-refractivity contribution is 0.198. The number of fused-ring (bicyclic) bond motifs is 1. The first-order chi connectivity index (χ1) is 11.6. The first-order valence-electron chi connectivity index (χ1n) is 10.1. The maximum atomic E-state index is 9.49. The van der Waals surface area contributed by atoms with Gasteiger partial charge in [0.2, 0.25) is 0 Å². The van der Waals surface area contributed by atoms with Crippen molar-refractivity contribution in [3.63, 3.8) is 0 Å². The van der Waals surface area contributed by atoms with Crippen LogP contribution in [0, 0.1) is 5.92 Å². The third kappa shape index (κ3) is 4.21. The van der Waals surface area contributed by atoms with E-state index in [1.54, 1.807) is 11.1 Å². The van der Waals surface area contributed by atoms with Crippen LogP contribution in [0.3, 0.4) is 0 Å². The molecule has 0 spiro atoms. The highest BCUT2D eigenvalue weighted by Gasteiger charge is 2.36. The van der Waals surface area contributed by atoms with Gasteiger partial charge in [-0.15, -0.1) is 0 Å². The Kier molecular flexibility index (Phi) is 5.99. The summed E-state index contributed by atoms with van der Waals surface area (Å²) in [4.78, 5) is 0. The Morgan fingerprint density at radius 1 is 1.17 bits per heavy atom. The van der Waals surface area contributed by atoms with Gasteiger partial charge in [0.15, 0.2) is 0 Å². The molecule has 0 unspecified atom stereocenters. The van der Waals surface area contributed by atoms with Crippen LogP contribution in [0.1, 0.15) is 87.3 Å². The van der Waals surface area contributed by atoms with Gasteiger partial charge in [-0.3, -0.25) is 0 Å². The van der Waals surface area contributed by atoms with Crippen molar-refractivity contribution in [2.75, 3.05) is 6.61 Å². The van der Waals surface area contributed by atoms with Crippen molar-refractivity contribution < 1.29 is 5.11 Å². The predicted octanol–water partition coefficient (Wildman–Crippen LogP) is 4.72. The Labute approximate surface area is 147 Å². The van der Waals surface area contributed by atoms with Crippen molar-refractivity contribution in [2.45, 2.75) is 89.0 Å². The van der Waals surface area contributed by atoms with Crippen LogP contribution in [0.4, 0.5) is 0 Å². The van der Waals surface area contributed by atoms with E-state index in [1.165, 1.54) is 56.9 Å². The minimum absolute atomic E-state index is 0.119. The molecule has 0 amide bonds. The molecule has 0 aromatic heterocycles. The van der Waals surface area contributed by atoms with Gasteiger partial charge in [0.1, 0.15) is 0 Å². The van der Waals surface area contributed by atoms with Crippen LogP contribution in [-0.4, -0.2) is 17.3 Å². The van der Waals surface area contributed by atoms with Gasteiger partial charge in [0.05, 0.1) is 6.61 Å². The fraction of sp³-hybridized carbons (Fsp3) is 0.727. The standard InChI is InChI=1S/C22H35NO/c1-2-3-4-5-6-17-7-8-19-14-20(10-9-18(19)13-17)21-11-12-22(23,15-21)16-24/h9-10,14,17,21,24H,2-8,11-13,15-16,23H2,1H3/t17-,21-,22-/m0/s1. The van der Waals surface area contributed by atoms with Crippen LogP contribution < -0.4 is 5.73 Å². The normalized spacial score (nSPS) is 29.6. The predicted molar refractivity (Wildman–Crippen MR) is 101 cm³/mol. The zero-order valence-corrected chi connectivity index (χ0v) is 15.4. The zero-order valence-electron chi connectivity index (χ0n) is 15.4. The third-order valence-corrected chi connectivity index (χ3v) is 6.46. The number of benzene rings is 1. The molecule has 24 heavy (non-hydrogen) atoms. The van der Waals surface area contributed by atoms with Gasteiger partial charge in [-0.05, 0) is 67.1 Å². The Morgan fingerprint density at radius 2 is 2.04 bits per heavy atom. The number of nitrogens with two attached hydrogens (primary N) is 1. The Hall–Kier alpha value is -0.860. The quantitative estimate of drug-likeness (QED) is 0.711. The molecular formula is C22H35NO. The van der Waals surface area contributed by atoms with Gasteiger partial charge in [-0.2, -0.15) is 0 Å². The molecule has 0 saturated heterocycles. The van der Waals surface area contributed by atoms with E-state index in [0.29, 0.717) is 5.92 Å². The molecule has 134 valence electrons. The summed E-state index contributed by atoms with van der Waals surface area (Å²) in [6, 6.07) is 7.18. The van der Waals surface area contributed by atoms with E-state index in [1.807, 2.05) is 0 Å². The maximum absolute atomic E-state index is 9.49. The fourth-order valence-electron chi connectivity index (χ4n) is 4.80. The number of aliphatic hydroxyl groups is 1. The Morgan fingerprint density at radius 3 is 2.79 bits per heavy atom. The molecule has 2 nitrogen and oxygen atoms in total. The summed E-state index contributed by atoms with van der Waals surface area (Å²) in [5.41, 5.74) is 10.5. The molecule has 1 aromatic rings. The fourth-order valence-corrected chi connectivity index (χ4v) is 4.80. The molecule has 0 bridgehead atoms. The number of hydrogen-bond acceptors (Lipinski definition) is 2. The molecule has 2 heteroatoms. The monoisotopic (exact) mass is 329 g/mol. The number of aliphatic hydroxyl groups excluding tert-OH is 1. The summed E-state index contributed by atoms with van der Waals surface area (Å²) in [6.07, 6.45) is 13.9. The summed E-state index contributed by atoms with van der Waals surface area (Å²) in [6.45, 7) is 2.40. The van der Waals surface area contributed by atoms with E-state index in [4.69, 9.17) is 5.73 Å². The van der Waals surface area contributed by atoms with Crippen LogP contribution >= 0.6 is 0 Å². The Bertz CT molecular complexity index is 541. The van der Waals surface area contributed by atoms with Gasteiger partial charge < -0.3 is 10.8 Å². The molecule has 1 aromatic carbocycles. The number of hydrogen-bond donors (Lipinski definition) is 2. The van der Waals surface area contributed by atoms with Gasteiger partial charge in [-0.25, -0.2) is 0 Å². The maximum Gasteiger partial charge on any atom is 0.0611 e. The second kappa shape index (κ2) is 8.01. The molecule has 1 saturated carbocycles. The highest BCUT2D eigenvalue weighted by molar-refractivity contribution is 5.36. The van der Waals surface area contributed by atoms with E-state index in [0.717, 1.165) is 25.2 Å². The van der Waals surface area contributed by atoms with E-state index in [2.05, 4.69) is 25.1 Å². The third-order valence-electron chi connectivity index (χ3n) is 6.46. The lowest BCUT2D eigenvalue weighted by Crippen LogP contribution is -2.40. The summed E-state index contributed by atoms with van der Waals surface area (Å²) < 4.78 is 0. The summed E-state index contributed by atoms with van der Waals surface area (Å²) >= 11 is 0. The second-order valence-corrected chi connectivity index (χ2v) is 8.45. The average Bonchev–Trinajstić information content (AvgIpc) is 3.01. The van der Waals surface area contributed by atoms with E-state index >= 15 is 0 Å². The van der Waals surface area contributed by atoms with Crippen molar-refractivity contribution in [1.29, 1.82) is 0 Å². The van der Waals surface area contributed by atoms with Crippen molar-refractivity contribution in [3.05, 3.63) is 34.9 Å². The number of rotatable bonds is 7. The second-order valence-electron chi connectivity index (χ2n) is 8.45. The van der Waals surface area contributed by atoms with Crippen molar-refractivity contribution in [3.8, 4) is 0 Å². The smallest absolute Gasteiger partial charge is 0.0611 e. The summed E-state index contributed by atoms with van der Waals surface area (Å²) in [7, 11) is 0. The average molecular weight is 330 g/mol. The highest BCUT2D eigenvalue weighted by Crippen LogP contribution is 2.40. The summed E-state index contributed by atoms with van der Waals surface area (Å²) in [5.74, 6) is 1.44. The summed E-state index contributed by atoms with van der Waals surface area (Å²) in [5, 5.41) is 9.49. The van der Waals surface area contributed by atoms with Crippen LogP contribution in [0.2, 0.25) is 0 Å². The van der Waals surface area contributed by atoms with E-state index in [-0.39, 0.29) is 12.1 Å². The molecule has 3 N–H and O–H groups in total. The zero-order chi connectivity index (χ0) is 17.0. The first kappa shape index (κ1) is 17.9. The Balaban J connectivity index is 1.58. The largest absolute Gasteiger partial charge is 0.394 e. The molecule has 0 radical (unpaired) electrons. The van der Waals surface area contributed by atoms with E-state index < -0.39 is 0 Å². The van der Waals surface area contributed by atoms with Crippen LogP contribution in [0.5, 0.6) is 0 Å². The molecule has 3 atom stereocenters. The lowest BCUT2D eigenvalue weighted by Gasteiger charge is -2.26. The minimum Gasteiger partial charge on any atom is -0.394 e. The van der Waals surface area contributed by atoms with Gasteiger partial charge in [0, 0.05) is 5.54 Å². The molecule has 3 rings (SSSR count). The first-order valence-corrected chi connectivity index (χ1v) is 10.1. The lowest BCUT2D eigenvalue weighted by atomic mass is 9.79. The molecule has 0 heterocycles.